The van der Waals surface area contributed by atoms with E-state index in [2.05, 4.69) is 0 Å². The summed E-state index contributed by atoms with van der Waals surface area (Å²) in [4.78, 5) is 18.1. The molecule has 0 unspecified atom stereocenters. The number of aromatic hydroxyl groups is 2. The molecule has 0 aliphatic heterocycles. The van der Waals surface area contributed by atoms with E-state index in [-0.39, 0.29) is 34.0 Å². The van der Waals surface area contributed by atoms with E-state index in [0.29, 0.717) is 12.8 Å². The maximum Gasteiger partial charge on any atom is 0.388 e. The zero-order chi connectivity index (χ0) is 18.7. The Labute approximate surface area is 148 Å². The van der Waals surface area contributed by atoms with E-state index in [0.717, 1.165) is 5.56 Å². The second kappa shape index (κ2) is 7.78. The van der Waals surface area contributed by atoms with Gasteiger partial charge >= 0.3 is 6.80 Å². The molecule has 0 spiro atoms. The largest absolute Gasteiger partial charge is 0.508 e. The predicted molar refractivity (Wildman–Crippen MR) is 93.2 cm³/mol. The van der Waals surface area contributed by atoms with Gasteiger partial charge in [0.05, 0.1) is 5.56 Å². The summed E-state index contributed by atoms with van der Waals surface area (Å²) in [5.74, 6) is -2.76. The fraction of sp³-hybridized carbons (Fsp3) is 0.250. The van der Waals surface area contributed by atoms with Crippen molar-refractivity contribution < 1.29 is 34.8 Å². The van der Waals surface area contributed by atoms with E-state index in [1.165, 1.54) is 30.3 Å². The van der Waals surface area contributed by atoms with Gasteiger partial charge in [-0.2, -0.15) is 0 Å². The predicted octanol–water partition coefficient (Wildman–Crippen LogP) is 2.44. The van der Waals surface area contributed by atoms with Crippen molar-refractivity contribution in [3.63, 3.8) is 0 Å². The molecule has 0 amide bonds. The van der Waals surface area contributed by atoms with Crippen LogP contribution in [0.4, 0.5) is 0 Å². The number of aliphatic hydroxyl groups is 2. The van der Waals surface area contributed by atoms with Crippen LogP contribution in [0.2, 0.25) is 0 Å². The fourth-order valence-electron chi connectivity index (χ4n) is 2.45. The van der Waals surface area contributed by atoms with Crippen LogP contribution in [0.1, 0.15) is 24.0 Å². The maximum atomic E-state index is 11.2. The smallest absolute Gasteiger partial charge is 0.388 e. The minimum Gasteiger partial charge on any atom is -0.508 e. The third-order valence-electron chi connectivity index (χ3n) is 3.55. The number of benzene rings is 2. The van der Waals surface area contributed by atoms with Gasteiger partial charge in [0.15, 0.2) is 5.79 Å². The van der Waals surface area contributed by atoms with Crippen molar-refractivity contribution in [2.45, 2.75) is 29.9 Å². The van der Waals surface area contributed by atoms with Gasteiger partial charge in [-0.15, -0.1) is 0 Å². The first kappa shape index (κ1) is 19.8. The molecular formula is C16H19O7PS. The van der Waals surface area contributed by atoms with Crippen molar-refractivity contribution in [1.82, 2.24) is 0 Å². The van der Waals surface area contributed by atoms with Crippen molar-refractivity contribution >= 4 is 18.2 Å². The first-order valence-corrected chi connectivity index (χ1v) is 10.4. The zero-order valence-electron chi connectivity index (χ0n) is 13.1. The van der Waals surface area contributed by atoms with Gasteiger partial charge in [0, 0.05) is 11.3 Å². The highest BCUT2D eigenvalue weighted by Crippen LogP contribution is 2.57. The normalized spacial score (nSPS) is 12.3. The quantitative estimate of drug-likeness (QED) is 0.315. The molecule has 2 aromatic rings. The van der Waals surface area contributed by atoms with Crippen molar-refractivity contribution in [3.8, 4) is 11.5 Å². The number of phenolic OH excluding ortho intramolecular Hbond substituents is 2. The third-order valence-corrected chi connectivity index (χ3v) is 5.63. The summed E-state index contributed by atoms with van der Waals surface area (Å²) < 4.78 is 11.2. The molecule has 2 aromatic carbocycles. The number of aryl methyl sites for hydroxylation is 1. The topological polar surface area (TPSA) is 138 Å². The standard InChI is InChI=1S/C16H19O7PS/c17-12-8-6-11(7-9-12)3-2-10-16(19,20)15-13(18)4-1-5-14(15)25-24(21,22)23/h1,4-9,17-20H,2-3,10H2,(H2,21,22,23). The molecule has 0 aromatic heterocycles. The lowest BCUT2D eigenvalue weighted by Crippen LogP contribution is -2.26. The van der Waals surface area contributed by atoms with Crippen LogP contribution in [0.3, 0.4) is 0 Å². The first-order valence-electron chi connectivity index (χ1n) is 7.39. The Kier molecular flexibility index (Phi) is 6.16. The summed E-state index contributed by atoms with van der Waals surface area (Å²) in [7, 11) is 0. The Morgan fingerprint density at radius 2 is 1.64 bits per heavy atom. The molecule has 0 atom stereocenters. The van der Waals surface area contributed by atoms with E-state index in [1.54, 1.807) is 12.1 Å². The van der Waals surface area contributed by atoms with Crippen molar-refractivity contribution in [2.24, 2.45) is 0 Å². The van der Waals surface area contributed by atoms with Crippen LogP contribution in [0.15, 0.2) is 47.4 Å². The Morgan fingerprint density at radius 1 is 1.00 bits per heavy atom. The summed E-state index contributed by atoms with van der Waals surface area (Å²) in [6.45, 7) is -4.52. The molecule has 7 nitrogen and oxygen atoms in total. The SMILES string of the molecule is O=P(O)(O)Sc1cccc(O)c1C(O)(O)CCCc1ccc(O)cc1. The molecule has 2 rings (SSSR count). The van der Waals surface area contributed by atoms with Crippen LogP contribution >= 0.6 is 18.2 Å². The summed E-state index contributed by atoms with van der Waals surface area (Å²) in [5.41, 5.74) is 0.560. The molecule has 0 aliphatic rings. The van der Waals surface area contributed by atoms with E-state index < -0.39 is 18.3 Å². The Hall–Kier alpha value is -1.54. The Balaban J connectivity index is 2.15. The molecule has 9 heteroatoms. The molecule has 0 fully saturated rings. The molecule has 0 saturated carbocycles. The molecule has 0 heterocycles. The number of phenols is 2. The lowest BCUT2D eigenvalue weighted by Gasteiger charge is -2.25. The van der Waals surface area contributed by atoms with E-state index in [9.17, 15) is 25.0 Å². The van der Waals surface area contributed by atoms with Crippen molar-refractivity contribution in [1.29, 1.82) is 0 Å². The third kappa shape index (κ3) is 5.74. The Bertz CT molecular complexity index is 771. The summed E-state index contributed by atoms with van der Waals surface area (Å²) in [6, 6.07) is 10.4. The second-order valence-corrected chi connectivity index (χ2v) is 9.15. The van der Waals surface area contributed by atoms with Gasteiger partial charge in [-0.05, 0) is 54.1 Å². The summed E-state index contributed by atoms with van der Waals surface area (Å²) in [5, 5.41) is 39.9. The fourth-order valence-corrected chi connectivity index (χ4v) is 4.43. The molecule has 0 saturated heterocycles. The highest BCUT2D eigenvalue weighted by atomic mass is 32.7. The minimum absolute atomic E-state index is 0.0945. The molecule has 0 bridgehead atoms. The molecular weight excluding hydrogens is 367 g/mol. The van der Waals surface area contributed by atoms with Crippen LogP contribution < -0.4 is 0 Å². The molecule has 0 radical (unpaired) electrons. The number of hydrogen-bond donors (Lipinski definition) is 6. The maximum absolute atomic E-state index is 11.2. The minimum atomic E-state index is -4.52. The molecule has 25 heavy (non-hydrogen) atoms. The van der Waals surface area contributed by atoms with Crippen molar-refractivity contribution in [2.75, 3.05) is 0 Å². The van der Waals surface area contributed by atoms with E-state index in [4.69, 9.17) is 9.79 Å². The second-order valence-electron chi connectivity index (χ2n) is 5.57. The van der Waals surface area contributed by atoms with Crippen LogP contribution in [0, 0.1) is 0 Å². The van der Waals surface area contributed by atoms with Crippen LogP contribution in [-0.2, 0) is 16.8 Å². The Morgan fingerprint density at radius 3 is 2.24 bits per heavy atom. The first-order chi connectivity index (χ1) is 11.6. The average molecular weight is 386 g/mol. The highest BCUT2D eigenvalue weighted by molar-refractivity contribution is 8.54. The highest BCUT2D eigenvalue weighted by Gasteiger charge is 2.33. The average Bonchev–Trinajstić information content (AvgIpc) is 2.47. The van der Waals surface area contributed by atoms with E-state index >= 15 is 0 Å². The van der Waals surface area contributed by atoms with Gasteiger partial charge < -0.3 is 30.2 Å². The molecule has 6 N–H and O–H groups in total. The van der Waals surface area contributed by atoms with Gasteiger partial charge in [0.1, 0.15) is 11.5 Å². The molecule has 0 aliphatic carbocycles. The van der Waals surface area contributed by atoms with Crippen molar-refractivity contribution in [3.05, 3.63) is 53.6 Å². The summed E-state index contributed by atoms with van der Waals surface area (Å²) >= 11 is 0.159. The number of rotatable bonds is 7. The van der Waals surface area contributed by atoms with Crippen LogP contribution in [0.25, 0.3) is 0 Å². The van der Waals surface area contributed by atoms with Gasteiger partial charge in [-0.1, -0.05) is 18.2 Å². The van der Waals surface area contributed by atoms with Gasteiger partial charge in [-0.3, -0.25) is 0 Å². The number of hydrogen-bond acceptors (Lipinski definition) is 6. The van der Waals surface area contributed by atoms with Crippen LogP contribution in [-0.4, -0.2) is 30.2 Å². The van der Waals surface area contributed by atoms with E-state index in [1.807, 2.05) is 0 Å². The zero-order valence-corrected chi connectivity index (χ0v) is 14.8. The van der Waals surface area contributed by atoms with Gasteiger partial charge in [-0.25, -0.2) is 4.57 Å². The monoisotopic (exact) mass is 386 g/mol. The lowest BCUT2D eigenvalue weighted by atomic mass is 9.97. The van der Waals surface area contributed by atoms with Crippen LogP contribution in [0.5, 0.6) is 11.5 Å². The molecule has 136 valence electrons. The lowest BCUT2D eigenvalue weighted by molar-refractivity contribution is -0.177. The van der Waals surface area contributed by atoms with Gasteiger partial charge in [0.25, 0.3) is 0 Å². The van der Waals surface area contributed by atoms with Gasteiger partial charge in [0.2, 0.25) is 0 Å². The summed E-state index contributed by atoms with van der Waals surface area (Å²) in [6.07, 6.45) is 0.685.